The molecule has 108 valence electrons. The Morgan fingerprint density at radius 1 is 1.35 bits per heavy atom. The SMILES string of the molecule is CC1(C)NC(=S)N(c2ccc(Cl)c(C(F)(F)F)c2)C1=N. The summed E-state index contributed by atoms with van der Waals surface area (Å²) in [5.74, 6) is 0.0814. The van der Waals surface area contributed by atoms with Crippen molar-refractivity contribution < 1.29 is 13.2 Å². The van der Waals surface area contributed by atoms with Crippen LogP contribution in [0.3, 0.4) is 0 Å². The topological polar surface area (TPSA) is 39.1 Å². The summed E-state index contributed by atoms with van der Waals surface area (Å²) in [6, 6.07) is 3.45. The molecule has 0 spiro atoms. The van der Waals surface area contributed by atoms with Gasteiger partial charge in [0.25, 0.3) is 0 Å². The Labute approximate surface area is 124 Å². The van der Waals surface area contributed by atoms with E-state index in [9.17, 15) is 13.2 Å². The van der Waals surface area contributed by atoms with E-state index in [0.29, 0.717) is 0 Å². The second-order valence-electron chi connectivity index (χ2n) is 4.90. The van der Waals surface area contributed by atoms with Crippen molar-refractivity contribution in [1.82, 2.24) is 5.32 Å². The minimum absolute atomic E-state index is 0.0814. The third-order valence-corrected chi connectivity index (χ3v) is 3.57. The van der Waals surface area contributed by atoms with E-state index in [1.807, 2.05) is 0 Å². The van der Waals surface area contributed by atoms with Crippen molar-refractivity contribution in [1.29, 1.82) is 5.41 Å². The standard InChI is InChI=1S/C12H11ClF3N3S/c1-11(2)9(17)19(10(20)18-11)6-3-4-8(13)7(5-6)12(14,15)16/h3-5,17H,1-2H3,(H,18,20). The van der Waals surface area contributed by atoms with Crippen LogP contribution >= 0.6 is 23.8 Å². The van der Waals surface area contributed by atoms with Crippen LogP contribution in [0.4, 0.5) is 18.9 Å². The minimum Gasteiger partial charge on any atom is -0.350 e. The molecular formula is C12H11ClF3N3S. The number of nitrogens with one attached hydrogen (secondary N) is 2. The van der Waals surface area contributed by atoms with E-state index in [-0.39, 0.29) is 21.7 Å². The quantitative estimate of drug-likeness (QED) is 0.773. The zero-order chi connectivity index (χ0) is 15.3. The smallest absolute Gasteiger partial charge is 0.350 e. The number of benzene rings is 1. The Morgan fingerprint density at radius 2 is 1.95 bits per heavy atom. The third kappa shape index (κ3) is 2.47. The number of hydrogen-bond acceptors (Lipinski definition) is 2. The first-order valence-electron chi connectivity index (χ1n) is 5.62. The Balaban J connectivity index is 2.50. The fourth-order valence-corrected chi connectivity index (χ4v) is 2.56. The summed E-state index contributed by atoms with van der Waals surface area (Å²) in [7, 11) is 0. The number of alkyl halides is 3. The number of hydrogen-bond donors (Lipinski definition) is 2. The first kappa shape index (κ1) is 15.1. The molecule has 0 aliphatic carbocycles. The van der Waals surface area contributed by atoms with Gasteiger partial charge in [-0.05, 0) is 44.3 Å². The number of halogens is 4. The molecule has 3 nitrogen and oxygen atoms in total. The van der Waals surface area contributed by atoms with Gasteiger partial charge in [-0.15, -0.1) is 0 Å². The Kier molecular flexibility index (Phi) is 3.46. The first-order chi connectivity index (χ1) is 9.04. The highest BCUT2D eigenvalue weighted by Gasteiger charge is 2.41. The van der Waals surface area contributed by atoms with Crippen molar-refractivity contribution >= 4 is 40.5 Å². The van der Waals surface area contributed by atoms with E-state index < -0.39 is 17.3 Å². The van der Waals surface area contributed by atoms with Crippen LogP contribution in [0, 0.1) is 5.41 Å². The monoisotopic (exact) mass is 321 g/mol. The average Bonchev–Trinajstić information content (AvgIpc) is 2.48. The molecule has 0 amide bonds. The number of nitrogens with zero attached hydrogens (tertiary/aromatic N) is 1. The maximum absolute atomic E-state index is 12.9. The predicted molar refractivity (Wildman–Crippen MR) is 76.5 cm³/mol. The van der Waals surface area contributed by atoms with Gasteiger partial charge in [0.05, 0.1) is 21.8 Å². The van der Waals surface area contributed by atoms with Crippen LogP contribution in [0.1, 0.15) is 19.4 Å². The van der Waals surface area contributed by atoms with Crippen molar-refractivity contribution in [2.45, 2.75) is 25.6 Å². The van der Waals surface area contributed by atoms with Gasteiger partial charge in [0.15, 0.2) is 5.11 Å². The third-order valence-electron chi connectivity index (χ3n) is 2.95. The second-order valence-corrected chi connectivity index (χ2v) is 5.69. The van der Waals surface area contributed by atoms with Crippen LogP contribution in [0.2, 0.25) is 5.02 Å². The lowest BCUT2D eigenvalue weighted by atomic mass is 10.1. The molecule has 0 unspecified atom stereocenters. The van der Waals surface area contributed by atoms with Crippen molar-refractivity contribution in [3.8, 4) is 0 Å². The van der Waals surface area contributed by atoms with Crippen LogP contribution in [0.15, 0.2) is 18.2 Å². The molecule has 1 aliphatic heterocycles. The molecule has 20 heavy (non-hydrogen) atoms. The van der Waals surface area contributed by atoms with Crippen LogP contribution in [-0.4, -0.2) is 16.5 Å². The Bertz CT molecular complexity index is 598. The molecule has 0 aromatic heterocycles. The molecule has 0 atom stereocenters. The van der Waals surface area contributed by atoms with Crippen molar-refractivity contribution in [2.24, 2.45) is 0 Å². The summed E-state index contributed by atoms with van der Waals surface area (Å²) >= 11 is 10.7. The van der Waals surface area contributed by atoms with E-state index in [0.717, 1.165) is 12.1 Å². The highest BCUT2D eigenvalue weighted by atomic mass is 35.5. The van der Waals surface area contributed by atoms with Gasteiger partial charge in [-0.2, -0.15) is 13.2 Å². The van der Waals surface area contributed by atoms with Gasteiger partial charge < -0.3 is 5.32 Å². The van der Waals surface area contributed by atoms with E-state index in [4.69, 9.17) is 29.2 Å². The highest BCUT2D eigenvalue weighted by Crippen LogP contribution is 2.38. The van der Waals surface area contributed by atoms with Gasteiger partial charge in [-0.1, -0.05) is 11.6 Å². The second kappa shape index (κ2) is 4.60. The average molecular weight is 322 g/mol. The molecule has 1 heterocycles. The van der Waals surface area contributed by atoms with Crippen molar-refractivity contribution in [3.63, 3.8) is 0 Å². The summed E-state index contributed by atoms with van der Waals surface area (Å²) in [5.41, 5.74) is -1.51. The van der Waals surface area contributed by atoms with Crippen molar-refractivity contribution in [2.75, 3.05) is 4.90 Å². The summed E-state index contributed by atoms with van der Waals surface area (Å²) in [5, 5.41) is 10.7. The zero-order valence-electron chi connectivity index (χ0n) is 10.6. The molecule has 0 saturated carbocycles. The first-order valence-corrected chi connectivity index (χ1v) is 6.41. The van der Waals surface area contributed by atoms with Gasteiger partial charge >= 0.3 is 6.18 Å². The lowest BCUT2D eigenvalue weighted by Crippen LogP contribution is -2.39. The van der Waals surface area contributed by atoms with E-state index in [1.165, 1.54) is 11.0 Å². The van der Waals surface area contributed by atoms with E-state index >= 15 is 0 Å². The molecule has 1 aliphatic rings. The molecule has 2 rings (SSSR count). The zero-order valence-corrected chi connectivity index (χ0v) is 12.2. The van der Waals surface area contributed by atoms with Gasteiger partial charge in [-0.3, -0.25) is 10.3 Å². The number of rotatable bonds is 1. The summed E-state index contributed by atoms with van der Waals surface area (Å²) in [4.78, 5) is 1.26. The molecule has 8 heteroatoms. The maximum Gasteiger partial charge on any atom is 0.417 e. The molecule has 1 aromatic carbocycles. The highest BCUT2D eigenvalue weighted by molar-refractivity contribution is 7.80. The van der Waals surface area contributed by atoms with Gasteiger partial charge in [0, 0.05) is 0 Å². The molecular weight excluding hydrogens is 311 g/mol. The minimum atomic E-state index is -4.56. The maximum atomic E-state index is 12.9. The normalized spacial score (nSPS) is 18.4. The number of amidine groups is 1. The van der Waals surface area contributed by atoms with Crippen LogP contribution < -0.4 is 10.2 Å². The molecule has 0 radical (unpaired) electrons. The molecule has 1 saturated heterocycles. The number of anilines is 1. The predicted octanol–water partition coefficient (Wildman–Crippen LogP) is 3.81. The lowest BCUT2D eigenvalue weighted by Gasteiger charge is -2.21. The lowest BCUT2D eigenvalue weighted by molar-refractivity contribution is -0.137. The summed E-state index contributed by atoms with van der Waals surface area (Å²) in [6.45, 7) is 3.45. The fourth-order valence-electron chi connectivity index (χ4n) is 1.88. The van der Waals surface area contributed by atoms with E-state index in [1.54, 1.807) is 13.8 Å². The molecule has 2 N–H and O–H groups in total. The van der Waals surface area contributed by atoms with Gasteiger partial charge in [0.2, 0.25) is 0 Å². The van der Waals surface area contributed by atoms with Gasteiger partial charge in [0.1, 0.15) is 5.84 Å². The van der Waals surface area contributed by atoms with Crippen molar-refractivity contribution in [3.05, 3.63) is 28.8 Å². The summed E-state index contributed by atoms with van der Waals surface area (Å²) in [6.07, 6.45) is -4.56. The van der Waals surface area contributed by atoms with Crippen LogP contribution in [-0.2, 0) is 6.18 Å². The fraction of sp³-hybridized carbons (Fsp3) is 0.333. The summed E-state index contributed by atoms with van der Waals surface area (Å²) < 4.78 is 38.6. The molecule has 0 bridgehead atoms. The largest absolute Gasteiger partial charge is 0.417 e. The van der Waals surface area contributed by atoms with Gasteiger partial charge in [-0.25, -0.2) is 0 Å². The molecule has 1 aromatic rings. The Morgan fingerprint density at radius 3 is 2.40 bits per heavy atom. The Hall–Kier alpha value is -1.34. The number of thiocarbonyl (C=S) groups is 1. The molecule has 1 fully saturated rings. The van der Waals surface area contributed by atoms with E-state index in [2.05, 4.69) is 5.32 Å². The van der Waals surface area contributed by atoms with Crippen LogP contribution in [0.25, 0.3) is 0 Å². The van der Waals surface area contributed by atoms with Crippen LogP contribution in [0.5, 0.6) is 0 Å².